The van der Waals surface area contributed by atoms with Crippen LogP contribution in [-0.2, 0) is 0 Å². The van der Waals surface area contributed by atoms with E-state index in [4.69, 9.17) is 0 Å². The van der Waals surface area contributed by atoms with E-state index in [2.05, 4.69) is 25.3 Å². The van der Waals surface area contributed by atoms with Gasteiger partial charge in [-0.3, -0.25) is 4.79 Å². The van der Waals surface area contributed by atoms with Crippen molar-refractivity contribution in [3.05, 3.63) is 46.9 Å². The molecule has 0 aliphatic rings. The van der Waals surface area contributed by atoms with E-state index in [1.165, 1.54) is 29.3 Å². The van der Waals surface area contributed by atoms with Crippen LogP contribution in [0.3, 0.4) is 0 Å². The van der Waals surface area contributed by atoms with Crippen molar-refractivity contribution >= 4 is 39.3 Å². The Balaban J connectivity index is 1.76. The smallest absolute Gasteiger partial charge is 0.262 e. The van der Waals surface area contributed by atoms with Crippen molar-refractivity contribution in [1.82, 2.24) is 29.9 Å². The van der Waals surface area contributed by atoms with E-state index in [9.17, 15) is 4.79 Å². The number of aromatic nitrogens is 6. The zero-order valence-corrected chi connectivity index (χ0v) is 15.0. The van der Waals surface area contributed by atoms with Crippen LogP contribution in [0, 0.1) is 0 Å². The van der Waals surface area contributed by atoms with Crippen molar-refractivity contribution in [3.63, 3.8) is 0 Å². The number of H-pyrrole nitrogens is 1. The van der Waals surface area contributed by atoms with Crippen molar-refractivity contribution in [2.45, 2.75) is 9.50 Å². The molecule has 0 saturated heterocycles. The molecule has 0 atom stereocenters. The molecule has 126 valence electrons. The molecule has 3 aromatic heterocycles. The Morgan fingerprint density at radius 1 is 1.20 bits per heavy atom. The first-order valence-corrected chi connectivity index (χ1v) is 8.97. The first-order valence-electron chi connectivity index (χ1n) is 7.34. The normalized spacial score (nSPS) is 11.1. The Labute approximate surface area is 150 Å². The summed E-state index contributed by atoms with van der Waals surface area (Å²) < 4.78 is 2.36. The summed E-state index contributed by atoms with van der Waals surface area (Å²) in [5.74, 6) is 0. The molecular weight excluding hydrogens is 358 g/mol. The predicted octanol–water partition coefficient (Wildman–Crippen LogP) is 2.18. The summed E-state index contributed by atoms with van der Waals surface area (Å²) >= 11 is 2.70. The van der Waals surface area contributed by atoms with Crippen LogP contribution in [0.25, 0.3) is 16.7 Å². The second-order valence-corrected chi connectivity index (χ2v) is 7.54. The maximum absolute atomic E-state index is 12.3. The van der Waals surface area contributed by atoms with Gasteiger partial charge in [0.05, 0.1) is 11.9 Å². The molecule has 1 N–H and O–H groups in total. The van der Waals surface area contributed by atoms with E-state index in [1.807, 2.05) is 49.3 Å². The monoisotopic (exact) mass is 371 g/mol. The Bertz CT molecular complexity index is 1080. The molecule has 3 heterocycles. The second kappa shape index (κ2) is 6.30. The summed E-state index contributed by atoms with van der Waals surface area (Å²) in [6.07, 6.45) is 1.53. The van der Waals surface area contributed by atoms with E-state index in [1.54, 1.807) is 4.68 Å². The van der Waals surface area contributed by atoms with Gasteiger partial charge in [-0.2, -0.15) is 5.10 Å². The van der Waals surface area contributed by atoms with Gasteiger partial charge in [0.2, 0.25) is 5.13 Å². The quantitative estimate of drug-likeness (QED) is 0.550. The highest BCUT2D eigenvalue weighted by molar-refractivity contribution is 8.00. The number of rotatable bonds is 4. The number of anilines is 1. The molecule has 0 amide bonds. The Morgan fingerprint density at radius 3 is 2.72 bits per heavy atom. The van der Waals surface area contributed by atoms with E-state index in [-0.39, 0.29) is 5.56 Å². The lowest BCUT2D eigenvalue weighted by Crippen LogP contribution is -2.09. The van der Waals surface area contributed by atoms with Gasteiger partial charge in [0.25, 0.3) is 5.56 Å². The van der Waals surface area contributed by atoms with Gasteiger partial charge in [0, 0.05) is 14.1 Å². The number of hydrogen-bond acceptors (Lipinski definition) is 8. The molecule has 4 rings (SSSR count). The summed E-state index contributed by atoms with van der Waals surface area (Å²) in [5, 5.41) is 14.2. The van der Waals surface area contributed by atoms with Crippen molar-refractivity contribution in [2.75, 3.05) is 19.0 Å². The number of benzene rings is 1. The third-order valence-electron chi connectivity index (χ3n) is 3.38. The fourth-order valence-corrected chi connectivity index (χ4v) is 3.86. The van der Waals surface area contributed by atoms with Crippen molar-refractivity contribution in [2.24, 2.45) is 0 Å². The lowest BCUT2D eigenvalue weighted by Gasteiger charge is -2.04. The van der Waals surface area contributed by atoms with Crippen LogP contribution in [-0.4, -0.2) is 44.0 Å². The van der Waals surface area contributed by atoms with Gasteiger partial charge in [0.1, 0.15) is 5.39 Å². The molecule has 0 aliphatic carbocycles. The van der Waals surface area contributed by atoms with E-state index in [0.29, 0.717) is 20.5 Å². The van der Waals surface area contributed by atoms with E-state index < -0.39 is 0 Å². The average molecular weight is 371 g/mol. The summed E-state index contributed by atoms with van der Waals surface area (Å²) in [6.45, 7) is 0. The van der Waals surface area contributed by atoms with Crippen LogP contribution in [0.2, 0.25) is 0 Å². The topological polar surface area (TPSA) is 92.6 Å². The maximum Gasteiger partial charge on any atom is 0.262 e. The second-order valence-electron chi connectivity index (χ2n) is 5.35. The largest absolute Gasteiger partial charge is 0.353 e. The van der Waals surface area contributed by atoms with Gasteiger partial charge in [-0.25, -0.2) is 9.67 Å². The molecule has 8 nitrogen and oxygen atoms in total. The molecule has 0 saturated carbocycles. The van der Waals surface area contributed by atoms with Gasteiger partial charge in [0.15, 0.2) is 15.1 Å². The van der Waals surface area contributed by atoms with Crippen LogP contribution in [0.4, 0.5) is 5.13 Å². The minimum Gasteiger partial charge on any atom is -0.353 e. The molecule has 0 radical (unpaired) electrons. The summed E-state index contributed by atoms with van der Waals surface area (Å²) in [5.41, 5.74) is 1.12. The molecular formula is C15H13N7OS2. The average Bonchev–Trinajstić information content (AvgIpc) is 3.23. The molecule has 4 aromatic rings. The molecule has 10 heteroatoms. The van der Waals surface area contributed by atoms with Crippen molar-refractivity contribution in [3.8, 4) is 5.69 Å². The molecule has 0 unspecified atom stereocenters. The van der Waals surface area contributed by atoms with Crippen LogP contribution >= 0.6 is 23.1 Å². The number of aromatic amines is 1. The minimum atomic E-state index is -0.230. The SMILES string of the molecule is CN(C)c1nnc(Sc2nc3c(cnn3-c3ccccc3)c(=O)[nH]2)s1. The first kappa shape index (κ1) is 15.8. The molecule has 1 aromatic carbocycles. The maximum atomic E-state index is 12.3. The first-order chi connectivity index (χ1) is 12.1. The molecule has 0 bridgehead atoms. The van der Waals surface area contributed by atoms with Gasteiger partial charge in [-0.05, 0) is 23.9 Å². The van der Waals surface area contributed by atoms with E-state index >= 15 is 0 Å². The highest BCUT2D eigenvalue weighted by Crippen LogP contribution is 2.30. The number of hydrogen-bond donors (Lipinski definition) is 1. The fourth-order valence-electron chi connectivity index (χ4n) is 2.21. The van der Waals surface area contributed by atoms with Gasteiger partial charge in [-0.1, -0.05) is 29.5 Å². The molecule has 25 heavy (non-hydrogen) atoms. The van der Waals surface area contributed by atoms with Gasteiger partial charge in [-0.15, -0.1) is 10.2 Å². The van der Waals surface area contributed by atoms with E-state index in [0.717, 1.165) is 10.8 Å². The van der Waals surface area contributed by atoms with Crippen LogP contribution < -0.4 is 10.5 Å². The standard InChI is InChI=1S/C15H13N7OS2/c1-21(2)14-19-20-15(25-14)24-13-17-11-10(12(23)18-13)8-16-22(11)9-6-4-3-5-7-9/h3-8H,1-2H3,(H,17,18,23). The third kappa shape index (κ3) is 3.01. The molecule has 0 spiro atoms. The van der Waals surface area contributed by atoms with Crippen molar-refractivity contribution < 1.29 is 0 Å². The van der Waals surface area contributed by atoms with Gasteiger partial charge < -0.3 is 9.88 Å². The number of para-hydroxylation sites is 1. The van der Waals surface area contributed by atoms with Crippen molar-refractivity contribution in [1.29, 1.82) is 0 Å². The number of nitrogens with one attached hydrogen (secondary N) is 1. The van der Waals surface area contributed by atoms with Gasteiger partial charge >= 0.3 is 0 Å². The highest BCUT2D eigenvalue weighted by Gasteiger charge is 2.14. The zero-order valence-electron chi connectivity index (χ0n) is 13.4. The molecule has 0 aliphatic heterocycles. The fraction of sp³-hybridized carbons (Fsp3) is 0.133. The Kier molecular flexibility index (Phi) is 3.98. The number of fused-ring (bicyclic) bond motifs is 1. The summed E-state index contributed by atoms with van der Waals surface area (Å²) in [4.78, 5) is 21.6. The minimum absolute atomic E-state index is 0.230. The lowest BCUT2D eigenvalue weighted by molar-refractivity contribution is 0.872. The molecule has 0 fully saturated rings. The summed E-state index contributed by atoms with van der Waals surface area (Å²) in [6, 6.07) is 9.58. The number of nitrogens with zero attached hydrogens (tertiary/aromatic N) is 6. The summed E-state index contributed by atoms with van der Waals surface area (Å²) in [7, 11) is 3.80. The van der Waals surface area contributed by atoms with Crippen LogP contribution in [0.15, 0.2) is 50.8 Å². The third-order valence-corrected chi connectivity index (χ3v) is 5.41. The predicted molar refractivity (Wildman–Crippen MR) is 97.8 cm³/mol. The lowest BCUT2D eigenvalue weighted by atomic mass is 10.3. The van der Waals surface area contributed by atoms with Crippen LogP contribution in [0.1, 0.15) is 0 Å². The Morgan fingerprint density at radius 2 is 2.00 bits per heavy atom. The zero-order chi connectivity index (χ0) is 17.4. The Hall–Kier alpha value is -2.72. The highest BCUT2D eigenvalue weighted by atomic mass is 32.2. The van der Waals surface area contributed by atoms with Crippen LogP contribution in [0.5, 0.6) is 0 Å².